The van der Waals surface area contributed by atoms with E-state index in [2.05, 4.69) is 6.92 Å². The van der Waals surface area contributed by atoms with E-state index in [1.807, 2.05) is 44.2 Å². The third kappa shape index (κ3) is 7.14. The van der Waals surface area contributed by atoms with Crippen LogP contribution in [0.2, 0.25) is 0 Å². The number of hydrogen-bond acceptors (Lipinski definition) is 3. The molecule has 1 rings (SSSR count). The molecule has 0 spiro atoms. The molecular weight excluding hydrogens is 252 g/mol. The largest absolute Gasteiger partial charge is 0.445 e. The molecular formula is C16H28N2O2. The zero-order chi connectivity index (χ0) is 15.4. The van der Waals surface area contributed by atoms with Gasteiger partial charge in [0, 0.05) is 6.54 Å². The molecule has 114 valence electrons. The van der Waals surface area contributed by atoms with Crippen LogP contribution in [0.5, 0.6) is 0 Å². The molecule has 4 nitrogen and oxygen atoms in total. The molecule has 1 unspecified atom stereocenters. The lowest BCUT2D eigenvalue weighted by atomic mass is 10.2. The fourth-order valence-corrected chi connectivity index (χ4v) is 1.59. The van der Waals surface area contributed by atoms with Crippen molar-refractivity contribution in [1.29, 1.82) is 0 Å². The Morgan fingerprint density at radius 1 is 1.30 bits per heavy atom. The highest BCUT2D eigenvalue weighted by molar-refractivity contribution is 5.67. The van der Waals surface area contributed by atoms with Gasteiger partial charge in [0.15, 0.2) is 0 Å². The maximum atomic E-state index is 11.9. The van der Waals surface area contributed by atoms with Crippen molar-refractivity contribution < 1.29 is 9.53 Å². The number of rotatable bonds is 6. The molecule has 0 aromatic heterocycles. The standard InChI is InChI=1S/C14H22N2O2.C2H6/c1-3-4-10-16(12(2)15)14(17)18-11-13-8-6-5-7-9-13;1-2/h5-9,12H,3-4,10-11,15H2,1-2H3;1-2H3. The van der Waals surface area contributed by atoms with Gasteiger partial charge in [-0.15, -0.1) is 0 Å². The monoisotopic (exact) mass is 280 g/mol. The van der Waals surface area contributed by atoms with Crippen molar-refractivity contribution in [2.45, 2.75) is 53.3 Å². The topological polar surface area (TPSA) is 55.6 Å². The van der Waals surface area contributed by atoms with Crippen molar-refractivity contribution in [3.63, 3.8) is 0 Å². The van der Waals surface area contributed by atoms with E-state index in [0.717, 1.165) is 18.4 Å². The number of nitrogens with zero attached hydrogens (tertiary/aromatic N) is 1. The molecule has 2 N–H and O–H groups in total. The summed E-state index contributed by atoms with van der Waals surface area (Å²) in [7, 11) is 0. The van der Waals surface area contributed by atoms with E-state index < -0.39 is 0 Å². The number of unbranched alkanes of at least 4 members (excludes halogenated alkanes) is 1. The van der Waals surface area contributed by atoms with Crippen LogP contribution in [0.1, 0.15) is 46.1 Å². The van der Waals surface area contributed by atoms with Crippen molar-refractivity contribution in [3.8, 4) is 0 Å². The Labute approximate surface area is 122 Å². The van der Waals surface area contributed by atoms with Crippen molar-refractivity contribution in [2.75, 3.05) is 6.54 Å². The van der Waals surface area contributed by atoms with Gasteiger partial charge in [0.05, 0.1) is 6.17 Å². The van der Waals surface area contributed by atoms with E-state index >= 15 is 0 Å². The number of nitrogens with two attached hydrogens (primary N) is 1. The quantitative estimate of drug-likeness (QED) is 0.807. The Hall–Kier alpha value is -1.55. The van der Waals surface area contributed by atoms with Gasteiger partial charge in [-0.2, -0.15) is 0 Å². The maximum Gasteiger partial charge on any atom is 0.411 e. The van der Waals surface area contributed by atoms with Gasteiger partial charge in [0.1, 0.15) is 6.61 Å². The van der Waals surface area contributed by atoms with Crippen LogP contribution in [0.3, 0.4) is 0 Å². The van der Waals surface area contributed by atoms with Crippen LogP contribution in [-0.4, -0.2) is 23.7 Å². The van der Waals surface area contributed by atoms with E-state index in [9.17, 15) is 4.79 Å². The molecule has 1 aromatic rings. The van der Waals surface area contributed by atoms with Gasteiger partial charge in [-0.3, -0.25) is 4.90 Å². The summed E-state index contributed by atoms with van der Waals surface area (Å²) in [5.41, 5.74) is 6.75. The number of carbonyl (C=O) groups is 1. The summed E-state index contributed by atoms with van der Waals surface area (Å²) >= 11 is 0. The normalized spacial score (nSPS) is 11.1. The minimum absolute atomic E-state index is 0.287. The number of amides is 1. The molecule has 0 aliphatic rings. The average molecular weight is 280 g/mol. The van der Waals surface area contributed by atoms with Crippen molar-refractivity contribution in [1.82, 2.24) is 4.90 Å². The second-order valence-corrected chi connectivity index (χ2v) is 4.33. The SMILES string of the molecule is CC.CCCCN(C(=O)OCc1ccccc1)C(C)N. The average Bonchev–Trinajstić information content (AvgIpc) is 2.48. The van der Waals surface area contributed by atoms with Crippen molar-refractivity contribution in [2.24, 2.45) is 5.73 Å². The number of ether oxygens (including phenoxy) is 1. The molecule has 20 heavy (non-hydrogen) atoms. The van der Waals surface area contributed by atoms with Crippen LogP contribution >= 0.6 is 0 Å². The van der Waals surface area contributed by atoms with Crippen molar-refractivity contribution >= 4 is 6.09 Å². The van der Waals surface area contributed by atoms with Gasteiger partial charge in [-0.25, -0.2) is 4.79 Å². The fraction of sp³-hybridized carbons (Fsp3) is 0.562. The molecule has 0 fully saturated rings. The Kier molecular flexibility index (Phi) is 10.4. The van der Waals surface area contributed by atoms with E-state index in [4.69, 9.17) is 10.5 Å². The first kappa shape index (κ1) is 18.4. The summed E-state index contributed by atoms with van der Waals surface area (Å²) in [6.07, 6.45) is 1.29. The van der Waals surface area contributed by atoms with Crippen LogP contribution in [-0.2, 0) is 11.3 Å². The first-order valence-electron chi connectivity index (χ1n) is 7.38. The lowest BCUT2D eigenvalue weighted by molar-refractivity contribution is 0.0835. The van der Waals surface area contributed by atoms with Gasteiger partial charge in [0.25, 0.3) is 0 Å². The van der Waals surface area contributed by atoms with Gasteiger partial charge in [-0.1, -0.05) is 57.5 Å². The zero-order valence-corrected chi connectivity index (χ0v) is 13.1. The predicted octanol–water partition coefficient (Wildman–Crippen LogP) is 3.76. The third-order valence-electron chi connectivity index (χ3n) is 2.68. The smallest absolute Gasteiger partial charge is 0.411 e. The second kappa shape index (κ2) is 11.3. The van der Waals surface area contributed by atoms with Crippen LogP contribution in [0.15, 0.2) is 30.3 Å². The van der Waals surface area contributed by atoms with Gasteiger partial charge >= 0.3 is 6.09 Å². The molecule has 0 aliphatic heterocycles. The molecule has 4 heteroatoms. The van der Waals surface area contributed by atoms with E-state index in [1.165, 1.54) is 0 Å². The molecule has 0 heterocycles. The van der Waals surface area contributed by atoms with Crippen LogP contribution in [0.4, 0.5) is 4.79 Å². The predicted molar refractivity (Wildman–Crippen MR) is 83.2 cm³/mol. The van der Waals surface area contributed by atoms with Gasteiger partial charge in [-0.05, 0) is 18.9 Å². The minimum atomic E-state index is -0.345. The number of hydrogen-bond donors (Lipinski definition) is 1. The molecule has 0 saturated carbocycles. The Morgan fingerprint density at radius 2 is 1.90 bits per heavy atom. The van der Waals surface area contributed by atoms with Gasteiger partial charge < -0.3 is 10.5 Å². The molecule has 0 radical (unpaired) electrons. The molecule has 0 bridgehead atoms. The Bertz CT molecular complexity index is 353. The highest BCUT2D eigenvalue weighted by Crippen LogP contribution is 2.05. The summed E-state index contributed by atoms with van der Waals surface area (Å²) < 4.78 is 5.26. The first-order chi connectivity index (χ1) is 9.65. The molecule has 0 aliphatic carbocycles. The lowest BCUT2D eigenvalue weighted by Crippen LogP contribution is -2.44. The van der Waals surface area contributed by atoms with Crippen molar-refractivity contribution in [3.05, 3.63) is 35.9 Å². The zero-order valence-electron chi connectivity index (χ0n) is 13.1. The molecule has 1 atom stereocenters. The van der Waals surface area contributed by atoms with Crippen LogP contribution in [0, 0.1) is 0 Å². The highest BCUT2D eigenvalue weighted by Gasteiger charge is 2.17. The Morgan fingerprint density at radius 3 is 2.40 bits per heavy atom. The molecule has 1 amide bonds. The molecule has 1 aromatic carbocycles. The first-order valence-corrected chi connectivity index (χ1v) is 7.38. The Balaban J connectivity index is 0.00000172. The number of carbonyl (C=O) groups excluding carboxylic acids is 1. The van der Waals surface area contributed by atoms with Crippen LogP contribution in [0.25, 0.3) is 0 Å². The van der Waals surface area contributed by atoms with Crippen LogP contribution < -0.4 is 5.73 Å². The summed E-state index contributed by atoms with van der Waals surface area (Å²) in [6, 6.07) is 9.62. The highest BCUT2D eigenvalue weighted by atomic mass is 16.6. The maximum absolute atomic E-state index is 11.9. The van der Waals surface area contributed by atoms with E-state index in [1.54, 1.807) is 11.8 Å². The second-order valence-electron chi connectivity index (χ2n) is 4.33. The minimum Gasteiger partial charge on any atom is -0.445 e. The lowest BCUT2D eigenvalue weighted by Gasteiger charge is -2.25. The number of benzene rings is 1. The summed E-state index contributed by atoms with van der Waals surface area (Å²) in [4.78, 5) is 13.4. The van der Waals surface area contributed by atoms with E-state index in [0.29, 0.717) is 6.54 Å². The third-order valence-corrected chi connectivity index (χ3v) is 2.68. The summed E-state index contributed by atoms with van der Waals surface area (Å²) in [6.45, 7) is 8.80. The van der Waals surface area contributed by atoms with Gasteiger partial charge in [0.2, 0.25) is 0 Å². The molecule has 0 saturated heterocycles. The summed E-state index contributed by atoms with van der Waals surface area (Å²) in [5, 5.41) is 0. The van der Waals surface area contributed by atoms with E-state index in [-0.39, 0.29) is 18.9 Å². The summed E-state index contributed by atoms with van der Waals surface area (Å²) in [5.74, 6) is 0. The fourth-order valence-electron chi connectivity index (χ4n) is 1.59.